The minimum atomic E-state index is -4.97. The number of phosphoric acid groups is 2. The SMILES string of the molecule is CCCCCC/C=C\CCCCCCCC(=O)O[C@H](COC(=O)CCCCCCC/C=C\CCCCCCCC)COP(=O)(O)OCC(O)COP(=O)(O)OC[C@@H](COC(=O)CCCCCCC/C=C\CCCCCCCC)OC(=O)CCCCCCC/C=C\CCCCCCCC. The van der Waals surface area contributed by atoms with E-state index in [0.29, 0.717) is 25.7 Å². The highest BCUT2D eigenvalue weighted by Crippen LogP contribution is 2.45. The number of rotatable bonds is 76. The second-order valence-electron chi connectivity index (χ2n) is 27.0. The van der Waals surface area contributed by atoms with Gasteiger partial charge in [-0.25, -0.2) is 9.13 Å². The van der Waals surface area contributed by atoms with E-state index in [1.54, 1.807) is 0 Å². The Kier molecular flexibility index (Phi) is 70.2. The lowest BCUT2D eigenvalue weighted by molar-refractivity contribution is -0.161. The lowest BCUT2D eigenvalue weighted by Gasteiger charge is -2.21. The molecule has 0 bridgehead atoms. The van der Waals surface area contributed by atoms with Crippen molar-refractivity contribution in [3.8, 4) is 0 Å². The van der Waals surface area contributed by atoms with E-state index in [4.69, 9.17) is 37.0 Å². The van der Waals surface area contributed by atoms with E-state index in [2.05, 4.69) is 76.3 Å². The van der Waals surface area contributed by atoms with Gasteiger partial charge in [0.2, 0.25) is 0 Å². The maximum atomic E-state index is 13.1. The third-order valence-electron chi connectivity index (χ3n) is 17.2. The largest absolute Gasteiger partial charge is 0.472 e. The normalized spacial score (nSPS) is 14.2. The van der Waals surface area contributed by atoms with Crippen LogP contribution in [0.1, 0.15) is 374 Å². The van der Waals surface area contributed by atoms with Crippen LogP contribution >= 0.6 is 15.6 Å². The summed E-state index contributed by atoms with van der Waals surface area (Å²) in [4.78, 5) is 72.9. The fourth-order valence-corrected chi connectivity index (χ4v) is 12.7. The minimum absolute atomic E-state index is 0.0879. The Hall–Kier alpha value is -2.98. The van der Waals surface area contributed by atoms with Crippen LogP contribution in [0, 0.1) is 0 Å². The molecule has 0 aromatic carbocycles. The summed E-state index contributed by atoms with van der Waals surface area (Å²) in [6, 6.07) is 0. The average molecular weight is 1430 g/mol. The van der Waals surface area contributed by atoms with Crippen LogP contribution in [0.25, 0.3) is 0 Å². The average Bonchev–Trinajstić information content (AvgIpc) is 1.07. The molecule has 0 aromatic heterocycles. The minimum Gasteiger partial charge on any atom is -0.462 e. The van der Waals surface area contributed by atoms with E-state index in [0.717, 1.165) is 154 Å². The summed E-state index contributed by atoms with van der Waals surface area (Å²) in [6.45, 7) is 4.88. The number of unbranched alkanes of at least 4 members (excludes halogenated alkanes) is 42. The second-order valence-corrected chi connectivity index (χ2v) is 29.9. The number of phosphoric ester groups is 2. The number of carbonyl (C=O) groups excluding carboxylic acids is 4. The first-order valence-electron chi connectivity index (χ1n) is 39.9. The van der Waals surface area contributed by atoms with Gasteiger partial charge in [-0.05, 0) is 128 Å². The molecule has 5 atom stereocenters. The number of aliphatic hydroxyl groups excluding tert-OH is 1. The third-order valence-corrected chi connectivity index (χ3v) is 19.1. The number of ether oxygens (including phenoxy) is 4. The van der Waals surface area contributed by atoms with Crippen LogP contribution in [-0.4, -0.2) is 96.7 Å². The van der Waals surface area contributed by atoms with Crippen molar-refractivity contribution < 1.29 is 80.2 Å². The monoisotopic (exact) mass is 1430 g/mol. The molecular weight excluding hydrogens is 1280 g/mol. The Morgan fingerprint density at radius 3 is 0.714 bits per heavy atom. The Morgan fingerprint density at radius 1 is 0.276 bits per heavy atom. The molecule has 0 saturated carbocycles. The number of aliphatic hydroxyl groups is 1. The van der Waals surface area contributed by atoms with E-state index in [1.165, 1.54) is 141 Å². The van der Waals surface area contributed by atoms with E-state index in [9.17, 15) is 43.2 Å². The summed E-state index contributed by atoms with van der Waals surface area (Å²) >= 11 is 0. The summed E-state index contributed by atoms with van der Waals surface area (Å²) < 4.78 is 68.5. The van der Waals surface area contributed by atoms with Gasteiger partial charge in [0.1, 0.15) is 19.3 Å². The number of hydrogen-bond acceptors (Lipinski definition) is 15. The Bertz CT molecular complexity index is 2050. The Labute approximate surface area is 597 Å². The van der Waals surface area contributed by atoms with Gasteiger partial charge in [-0.2, -0.15) is 0 Å². The number of esters is 4. The molecule has 0 aliphatic rings. The van der Waals surface area contributed by atoms with Crippen molar-refractivity contribution in [2.45, 2.75) is 393 Å². The molecule has 0 aliphatic carbocycles. The molecule has 19 heteroatoms. The van der Waals surface area contributed by atoms with Gasteiger partial charge in [0.05, 0.1) is 26.4 Å². The molecule has 0 rings (SSSR count). The molecule has 0 radical (unpaired) electrons. The van der Waals surface area contributed by atoms with Crippen LogP contribution in [0.15, 0.2) is 48.6 Å². The van der Waals surface area contributed by atoms with E-state index >= 15 is 0 Å². The molecule has 0 spiro atoms. The number of hydrogen-bond donors (Lipinski definition) is 3. The lowest BCUT2D eigenvalue weighted by Crippen LogP contribution is -2.30. The summed E-state index contributed by atoms with van der Waals surface area (Å²) in [5.41, 5.74) is 0. The summed E-state index contributed by atoms with van der Waals surface area (Å²) in [5.74, 6) is -2.18. The zero-order valence-corrected chi connectivity index (χ0v) is 64.5. The molecule has 3 N–H and O–H groups in total. The molecule has 0 heterocycles. The van der Waals surface area contributed by atoms with E-state index < -0.39 is 97.5 Å². The predicted octanol–water partition coefficient (Wildman–Crippen LogP) is 22.9. The summed E-state index contributed by atoms with van der Waals surface area (Å²) in [7, 11) is -9.94. The van der Waals surface area contributed by atoms with Crippen molar-refractivity contribution in [1.29, 1.82) is 0 Å². The van der Waals surface area contributed by atoms with Gasteiger partial charge in [0.15, 0.2) is 12.2 Å². The van der Waals surface area contributed by atoms with Crippen molar-refractivity contribution in [2.75, 3.05) is 39.6 Å². The number of carbonyl (C=O) groups is 4. The molecule has 98 heavy (non-hydrogen) atoms. The highest BCUT2D eigenvalue weighted by molar-refractivity contribution is 7.47. The third kappa shape index (κ3) is 71.4. The van der Waals surface area contributed by atoms with Gasteiger partial charge in [0, 0.05) is 25.7 Å². The highest BCUT2D eigenvalue weighted by atomic mass is 31.2. The zero-order chi connectivity index (χ0) is 71.8. The first kappa shape index (κ1) is 95.0. The molecule has 0 amide bonds. The van der Waals surface area contributed by atoms with Crippen molar-refractivity contribution in [3.05, 3.63) is 48.6 Å². The van der Waals surface area contributed by atoms with Gasteiger partial charge < -0.3 is 33.8 Å². The molecule has 3 unspecified atom stereocenters. The van der Waals surface area contributed by atoms with Crippen LogP contribution < -0.4 is 0 Å². The highest BCUT2D eigenvalue weighted by Gasteiger charge is 2.30. The van der Waals surface area contributed by atoms with Crippen molar-refractivity contribution >= 4 is 39.5 Å². The number of allylic oxidation sites excluding steroid dienone is 8. The molecule has 574 valence electrons. The quantitative estimate of drug-likeness (QED) is 0.0169. The van der Waals surface area contributed by atoms with Crippen LogP contribution in [0.3, 0.4) is 0 Å². The maximum Gasteiger partial charge on any atom is 0.472 e. The molecule has 0 fully saturated rings. The summed E-state index contributed by atoms with van der Waals surface area (Å²) in [5, 5.41) is 10.6. The molecule has 0 aromatic rings. The lowest BCUT2D eigenvalue weighted by atomic mass is 10.1. The van der Waals surface area contributed by atoms with Crippen LogP contribution in [0.2, 0.25) is 0 Å². The summed E-state index contributed by atoms with van der Waals surface area (Å²) in [6.07, 6.45) is 69.4. The first-order valence-corrected chi connectivity index (χ1v) is 42.9. The van der Waals surface area contributed by atoms with E-state index in [-0.39, 0.29) is 25.7 Å². The Morgan fingerprint density at radius 2 is 0.469 bits per heavy atom. The molecule has 0 saturated heterocycles. The predicted molar refractivity (Wildman–Crippen MR) is 400 cm³/mol. The fraction of sp³-hybridized carbons (Fsp3) is 0.848. The smallest absolute Gasteiger partial charge is 0.462 e. The van der Waals surface area contributed by atoms with Crippen molar-refractivity contribution in [1.82, 2.24) is 0 Å². The van der Waals surface area contributed by atoms with Crippen LogP contribution in [0.4, 0.5) is 0 Å². The van der Waals surface area contributed by atoms with Gasteiger partial charge in [-0.1, -0.05) is 269 Å². The van der Waals surface area contributed by atoms with Gasteiger partial charge in [-0.3, -0.25) is 37.3 Å². The standard InChI is InChI=1S/C79H146O17P2/c1-5-9-13-17-21-25-29-33-36-40-43-47-51-55-59-63-76(81)89-69-74(95-78(83)65-61-57-53-49-45-39-32-28-24-20-16-12-8-4)71-93-97(85,86)91-67-73(80)68-92-98(87,88)94-72-75(96-79(84)66-62-58-54-50-46-42-38-35-31-27-23-19-15-11-7-3)70-90-77(82)64-60-56-52-48-44-41-37-34-30-26-22-18-14-10-6-2/h28,32-38,73-75,80H,5-27,29-31,39-72H2,1-4H3,(H,85,86)(H,87,88)/b32-28-,36-33-,37-34-,38-35-/t73?,74-,75-/m1/s1. The maximum absolute atomic E-state index is 13.1. The fourth-order valence-electron chi connectivity index (χ4n) is 11.1. The zero-order valence-electron chi connectivity index (χ0n) is 62.7. The van der Waals surface area contributed by atoms with Crippen molar-refractivity contribution in [3.63, 3.8) is 0 Å². The second kappa shape index (κ2) is 72.4. The van der Waals surface area contributed by atoms with Crippen molar-refractivity contribution in [2.24, 2.45) is 0 Å². The molecule has 0 aliphatic heterocycles. The van der Waals surface area contributed by atoms with E-state index in [1.807, 2.05) is 0 Å². The topological polar surface area (TPSA) is 237 Å². The molecular formula is C79H146O17P2. The molecule has 17 nitrogen and oxygen atoms in total. The van der Waals surface area contributed by atoms with Gasteiger partial charge >= 0.3 is 39.5 Å². The van der Waals surface area contributed by atoms with Crippen LogP contribution in [-0.2, 0) is 65.4 Å². The van der Waals surface area contributed by atoms with Crippen LogP contribution in [0.5, 0.6) is 0 Å². The van der Waals surface area contributed by atoms with Gasteiger partial charge in [-0.15, -0.1) is 0 Å². The first-order chi connectivity index (χ1) is 47.7. The Balaban J connectivity index is 5.33. The van der Waals surface area contributed by atoms with Gasteiger partial charge in [0.25, 0.3) is 0 Å².